The van der Waals surface area contributed by atoms with Crippen molar-refractivity contribution in [2.45, 2.75) is 38.0 Å². The van der Waals surface area contributed by atoms with Crippen molar-refractivity contribution in [2.75, 3.05) is 31.1 Å². The van der Waals surface area contributed by atoms with E-state index >= 15 is 0 Å². The van der Waals surface area contributed by atoms with Crippen LogP contribution in [0.5, 0.6) is 0 Å². The molecule has 7 heteroatoms. The minimum atomic E-state index is 0.168. The monoisotopic (exact) mass is 352 g/mol. The third-order valence-corrected chi connectivity index (χ3v) is 5.98. The summed E-state index contributed by atoms with van der Waals surface area (Å²) in [5, 5.41) is 13.5. The number of likely N-dealkylation sites (tertiary alicyclic amines) is 1. The minimum Gasteiger partial charge on any atom is -0.355 e. The number of allylic oxidation sites excluding steroid dienone is 2. The van der Waals surface area contributed by atoms with E-state index in [1.807, 2.05) is 21.5 Å². The molecule has 0 bridgehead atoms. The lowest BCUT2D eigenvalue weighted by atomic mass is 9.94. The van der Waals surface area contributed by atoms with Gasteiger partial charge in [0, 0.05) is 38.0 Å². The molecule has 0 saturated carbocycles. The average Bonchev–Trinajstić information content (AvgIpc) is 3.29. The van der Waals surface area contributed by atoms with Crippen molar-refractivity contribution in [3.8, 4) is 0 Å². The van der Waals surface area contributed by atoms with Crippen molar-refractivity contribution in [1.29, 1.82) is 0 Å². The summed E-state index contributed by atoms with van der Waals surface area (Å²) in [5.41, 5.74) is 0.805. The zero-order valence-electron chi connectivity index (χ0n) is 14.9. The van der Waals surface area contributed by atoms with Crippen LogP contribution in [-0.4, -0.2) is 56.8 Å². The number of piperidine rings is 1. The Morgan fingerprint density at radius 3 is 2.46 bits per heavy atom. The Morgan fingerprint density at radius 1 is 1.00 bits per heavy atom. The molecule has 136 valence electrons. The highest BCUT2D eigenvalue weighted by atomic mass is 16.2. The number of aromatic nitrogens is 4. The van der Waals surface area contributed by atoms with Crippen LogP contribution in [0.2, 0.25) is 0 Å². The van der Waals surface area contributed by atoms with E-state index in [0.717, 1.165) is 69.2 Å². The van der Waals surface area contributed by atoms with Gasteiger partial charge in [0.05, 0.1) is 0 Å². The van der Waals surface area contributed by atoms with Gasteiger partial charge in [0.25, 0.3) is 0 Å². The molecule has 0 aromatic carbocycles. The lowest BCUT2D eigenvalue weighted by Gasteiger charge is -2.33. The van der Waals surface area contributed by atoms with Crippen LogP contribution >= 0.6 is 0 Å². The van der Waals surface area contributed by atoms with Gasteiger partial charge in [-0.05, 0) is 44.2 Å². The third kappa shape index (κ3) is 2.66. The largest absolute Gasteiger partial charge is 0.355 e. The molecule has 2 aromatic heterocycles. The zero-order chi connectivity index (χ0) is 17.5. The van der Waals surface area contributed by atoms with Gasteiger partial charge in [0.1, 0.15) is 5.82 Å². The van der Waals surface area contributed by atoms with Gasteiger partial charge in [-0.2, -0.15) is 4.52 Å². The quantitative estimate of drug-likeness (QED) is 0.791. The second kappa shape index (κ2) is 6.37. The van der Waals surface area contributed by atoms with Crippen LogP contribution < -0.4 is 4.90 Å². The molecule has 26 heavy (non-hydrogen) atoms. The molecule has 1 aliphatic carbocycles. The molecule has 0 atom stereocenters. The van der Waals surface area contributed by atoms with Crippen molar-refractivity contribution in [1.82, 2.24) is 24.7 Å². The maximum Gasteiger partial charge on any atom is 0.226 e. The van der Waals surface area contributed by atoms with Gasteiger partial charge in [0.2, 0.25) is 5.91 Å². The van der Waals surface area contributed by atoms with Gasteiger partial charge in [-0.15, -0.1) is 15.3 Å². The normalized spacial score (nSPS) is 21.5. The van der Waals surface area contributed by atoms with E-state index in [-0.39, 0.29) is 5.92 Å². The summed E-state index contributed by atoms with van der Waals surface area (Å²) in [5.74, 6) is 2.75. The van der Waals surface area contributed by atoms with E-state index in [2.05, 4.69) is 27.2 Å². The van der Waals surface area contributed by atoms with Crippen LogP contribution in [0.1, 0.15) is 43.8 Å². The van der Waals surface area contributed by atoms with Crippen LogP contribution in [0.4, 0.5) is 5.82 Å². The van der Waals surface area contributed by atoms with Crippen molar-refractivity contribution < 1.29 is 4.79 Å². The molecule has 1 amide bonds. The number of fused-ring (bicyclic) bond motifs is 1. The lowest BCUT2D eigenvalue weighted by molar-refractivity contribution is -0.136. The topological polar surface area (TPSA) is 66.6 Å². The summed E-state index contributed by atoms with van der Waals surface area (Å²) in [6, 6.07) is 4.03. The molecule has 2 fully saturated rings. The van der Waals surface area contributed by atoms with E-state index in [9.17, 15) is 4.79 Å². The van der Waals surface area contributed by atoms with Gasteiger partial charge < -0.3 is 9.80 Å². The molecule has 3 aliphatic rings. The molecule has 0 N–H and O–H groups in total. The molecule has 2 saturated heterocycles. The number of carbonyl (C=O) groups excluding carboxylic acids is 1. The second-order valence-electron chi connectivity index (χ2n) is 7.60. The predicted molar refractivity (Wildman–Crippen MR) is 98.0 cm³/mol. The smallest absolute Gasteiger partial charge is 0.226 e. The molecule has 0 radical (unpaired) electrons. The van der Waals surface area contributed by atoms with Crippen LogP contribution in [0.15, 0.2) is 24.3 Å². The highest BCUT2D eigenvalue weighted by molar-refractivity contribution is 5.79. The van der Waals surface area contributed by atoms with Gasteiger partial charge in [-0.25, -0.2) is 0 Å². The minimum absolute atomic E-state index is 0.168. The summed E-state index contributed by atoms with van der Waals surface area (Å²) < 4.78 is 1.91. The molecule has 2 aromatic rings. The highest BCUT2D eigenvalue weighted by Crippen LogP contribution is 2.30. The lowest BCUT2D eigenvalue weighted by Crippen LogP contribution is -2.41. The Kier molecular flexibility index (Phi) is 3.87. The Labute approximate surface area is 152 Å². The number of hydrogen-bond acceptors (Lipinski definition) is 5. The molecule has 4 heterocycles. The van der Waals surface area contributed by atoms with Crippen molar-refractivity contribution in [2.24, 2.45) is 5.92 Å². The first kappa shape index (κ1) is 15.8. The Morgan fingerprint density at radius 2 is 1.77 bits per heavy atom. The molecular weight excluding hydrogens is 328 g/mol. The maximum atomic E-state index is 12.6. The number of anilines is 1. The molecule has 0 spiro atoms. The Hall–Kier alpha value is -2.44. The number of nitrogens with zero attached hydrogens (tertiary/aromatic N) is 6. The fourth-order valence-corrected chi connectivity index (χ4v) is 4.20. The van der Waals surface area contributed by atoms with Crippen molar-refractivity contribution >= 4 is 17.4 Å². The fraction of sp³-hybridized carbons (Fsp3) is 0.579. The van der Waals surface area contributed by atoms with Crippen molar-refractivity contribution in [3.05, 3.63) is 30.1 Å². The molecular formula is C19H24N6O. The first-order valence-electron chi connectivity index (χ1n) is 9.71. The number of hydrogen-bond donors (Lipinski definition) is 0. The summed E-state index contributed by atoms with van der Waals surface area (Å²) in [7, 11) is 0. The highest BCUT2D eigenvalue weighted by Gasteiger charge is 2.31. The number of amides is 1. The van der Waals surface area contributed by atoms with E-state index in [1.54, 1.807) is 0 Å². The van der Waals surface area contributed by atoms with Crippen LogP contribution in [-0.2, 0) is 4.79 Å². The maximum absolute atomic E-state index is 12.6. The molecule has 2 aliphatic heterocycles. The third-order valence-electron chi connectivity index (χ3n) is 5.98. The van der Waals surface area contributed by atoms with E-state index < -0.39 is 0 Å². The Balaban J connectivity index is 1.30. The average molecular weight is 352 g/mol. The second-order valence-corrected chi connectivity index (χ2v) is 7.60. The van der Waals surface area contributed by atoms with Gasteiger partial charge >= 0.3 is 0 Å². The summed E-state index contributed by atoms with van der Waals surface area (Å²) in [6.07, 6.45) is 9.15. The van der Waals surface area contributed by atoms with Gasteiger partial charge in [-0.1, -0.05) is 12.2 Å². The predicted octanol–water partition coefficient (Wildman–Crippen LogP) is 2.01. The fourth-order valence-electron chi connectivity index (χ4n) is 4.20. The number of rotatable bonds is 3. The molecule has 7 nitrogen and oxygen atoms in total. The van der Waals surface area contributed by atoms with E-state index in [0.29, 0.717) is 11.8 Å². The van der Waals surface area contributed by atoms with E-state index in [4.69, 9.17) is 5.10 Å². The Bertz CT molecular complexity index is 839. The van der Waals surface area contributed by atoms with Crippen LogP contribution in [0.25, 0.3) is 5.65 Å². The first-order valence-corrected chi connectivity index (χ1v) is 9.71. The van der Waals surface area contributed by atoms with Crippen molar-refractivity contribution in [3.63, 3.8) is 0 Å². The van der Waals surface area contributed by atoms with Gasteiger partial charge in [0.15, 0.2) is 11.5 Å². The molecule has 0 unspecified atom stereocenters. The van der Waals surface area contributed by atoms with E-state index in [1.165, 1.54) is 6.42 Å². The summed E-state index contributed by atoms with van der Waals surface area (Å²) >= 11 is 0. The molecule has 5 rings (SSSR count). The van der Waals surface area contributed by atoms with Crippen LogP contribution in [0.3, 0.4) is 0 Å². The standard InChI is InChI=1S/C19H24N6O/c26-19(15-4-1-2-5-15)24-12-8-14(9-13-24)18-21-20-16-6-7-17(22-25(16)18)23-10-3-11-23/h1-2,6-7,14-15H,3-5,8-13H2. The summed E-state index contributed by atoms with van der Waals surface area (Å²) in [6.45, 7) is 3.76. The summed E-state index contributed by atoms with van der Waals surface area (Å²) in [4.78, 5) is 16.9. The van der Waals surface area contributed by atoms with Gasteiger partial charge in [-0.3, -0.25) is 4.79 Å². The zero-order valence-corrected chi connectivity index (χ0v) is 14.9. The first-order chi connectivity index (χ1) is 12.8. The SMILES string of the molecule is O=C(C1CC=CC1)N1CCC(c2nnc3ccc(N4CCC4)nn23)CC1. The van der Waals surface area contributed by atoms with Crippen LogP contribution in [0, 0.1) is 5.92 Å². The number of carbonyl (C=O) groups is 1.